The molecule has 2 amide bonds. The Hall–Kier alpha value is -4.03. The monoisotopic (exact) mass is 442 g/mol. The third-order valence-corrected chi connectivity index (χ3v) is 5.84. The van der Waals surface area contributed by atoms with E-state index in [4.69, 9.17) is 11.6 Å². The van der Waals surface area contributed by atoms with Gasteiger partial charge < -0.3 is 5.32 Å². The van der Waals surface area contributed by atoms with Gasteiger partial charge in [0, 0.05) is 27.9 Å². The summed E-state index contributed by atoms with van der Waals surface area (Å²) in [6.07, 6.45) is 0. The molecule has 0 saturated carbocycles. The second-order valence-corrected chi connectivity index (χ2v) is 7.84. The lowest BCUT2D eigenvalue weighted by atomic mass is 9.84. The minimum absolute atomic E-state index is 0.0671. The normalized spacial score (nSPS) is 15.2. The van der Waals surface area contributed by atoms with Crippen LogP contribution in [0.1, 0.15) is 37.4 Å². The predicted molar refractivity (Wildman–Crippen MR) is 118 cm³/mol. The number of carbonyl (C=O) groups is 4. The summed E-state index contributed by atoms with van der Waals surface area (Å²) in [7, 11) is 0. The van der Waals surface area contributed by atoms with Crippen molar-refractivity contribution < 1.29 is 19.2 Å². The van der Waals surface area contributed by atoms with Gasteiger partial charge in [-0.3, -0.25) is 24.1 Å². The Morgan fingerprint density at radius 2 is 1.28 bits per heavy atom. The van der Waals surface area contributed by atoms with Gasteiger partial charge in [0.25, 0.3) is 11.8 Å². The SMILES string of the molecule is O=C1c2ccccc2C(=O)c2cc(NC3=C(Cl)C(=O)N(Cc4ccccc4)C3=O)ccc21. The largest absolute Gasteiger partial charge is 0.350 e. The van der Waals surface area contributed by atoms with Crippen LogP contribution in [0.3, 0.4) is 0 Å². The van der Waals surface area contributed by atoms with Gasteiger partial charge in [0.2, 0.25) is 0 Å². The molecule has 1 aliphatic heterocycles. The Morgan fingerprint density at radius 1 is 0.688 bits per heavy atom. The van der Waals surface area contributed by atoms with Gasteiger partial charge in [-0.05, 0) is 23.8 Å². The zero-order chi connectivity index (χ0) is 22.4. The maximum Gasteiger partial charge on any atom is 0.279 e. The van der Waals surface area contributed by atoms with E-state index in [1.165, 1.54) is 12.1 Å². The highest BCUT2D eigenvalue weighted by atomic mass is 35.5. The van der Waals surface area contributed by atoms with Crippen molar-refractivity contribution in [3.63, 3.8) is 0 Å². The maximum atomic E-state index is 12.9. The average molecular weight is 443 g/mol. The Bertz CT molecular complexity index is 1360. The minimum atomic E-state index is -0.596. The first-order chi connectivity index (χ1) is 15.5. The highest BCUT2D eigenvalue weighted by Gasteiger charge is 2.38. The highest BCUT2D eigenvalue weighted by molar-refractivity contribution is 6.48. The van der Waals surface area contributed by atoms with Crippen LogP contribution in [0, 0.1) is 0 Å². The topological polar surface area (TPSA) is 83.6 Å². The van der Waals surface area contributed by atoms with E-state index in [0.29, 0.717) is 22.4 Å². The quantitative estimate of drug-likeness (QED) is 0.485. The first-order valence-electron chi connectivity index (χ1n) is 9.85. The lowest BCUT2D eigenvalue weighted by Gasteiger charge is -2.19. The van der Waals surface area contributed by atoms with E-state index in [1.54, 1.807) is 30.3 Å². The molecule has 156 valence electrons. The summed E-state index contributed by atoms with van der Waals surface area (Å²) < 4.78 is 0. The lowest BCUT2D eigenvalue weighted by molar-refractivity contribution is -0.138. The van der Waals surface area contributed by atoms with Crippen molar-refractivity contribution in [2.75, 3.05) is 5.32 Å². The number of anilines is 1. The molecule has 7 heteroatoms. The number of rotatable bonds is 4. The Balaban J connectivity index is 1.44. The van der Waals surface area contributed by atoms with Crippen LogP contribution < -0.4 is 5.32 Å². The van der Waals surface area contributed by atoms with Crippen LogP contribution in [0.15, 0.2) is 83.5 Å². The van der Waals surface area contributed by atoms with E-state index >= 15 is 0 Å². The summed E-state index contributed by atoms with van der Waals surface area (Å²) >= 11 is 6.18. The molecule has 0 atom stereocenters. The molecule has 32 heavy (non-hydrogen) atoms. The molecule has 1 heterocycles. The van der Waals surface area contributed by atoms with Gasteiger partial charge in [-0.1, -0.05) is 66.2 Å². The first kappa shape index (κ1) is 19.9. The number of imide groups is 1. The summed E-state index contributed by atoms with van der Waals surface area (Å²) in [5.74, 6) is -1.67. The zero-order valence-electron chi connectivity index (χ0n) is 16.6. The van der Waals surface area contributed by atoms with Crippen molar-refractivity contribution in [1.82, 2.24) is 4.90 Å². The summed E-state index contributed by atoms with van der Waals surface area (Å²) in [6, 6.07) is 20.4. The molecule has 0 fully saturated rings. The van der Waals surface area contributed by atoms with Gasteiger partial charge in [-0.25, -0.2) is 0 Å². The molecule has 6 nitrogen and oxygen atoms in total. The van der Waals surface area contributed by atoms with E-state index < -0.39 is 11.8 Å². The predicted octanol–water partition coefficient (Wildman–Crippen LogP) is 3.89. The summed E-state index contributed by atoms with van der Waals surface area (Å²) in [4.78, 5) is 52.2. The standard InChI is InChI=1S/C25H15ClN2O4/c26-20-21(25(32)28(24(20)31)13-14-6-2-1-3-7-14)27-15-10-11-18-19(12-15)23(30)17-9-5-4-8-16(17)22(18)29/h1-12,27H,13H2. The average Bonchev–Trinajstić information content (AvgIpc) is 3.01. The molecule has 1 N–H and O–H groups in total. The fourth-order valence-electron chi connectivity index (χ4n) is 3.89. The Labute approximate surface area is 188 Å². The number of fused-ring (bicyclic) bond motifs is 2. The third kappa shape index (κ3) is 3.13. The number of carbonyl (C=O) groups excluding carboxylic acids is 4. The minimum Gasteiger partial charge on any atom is -0.350 e. The van der Waals surface area contributed by atoms with Crippen LogP contribution in [-0.4, -0.2) is 28.3 Å². The van der Waals surface area contributed by atoms with Gasteiger partial charge in [-0.2, -0.15) is 0 Å². The first-order valence-corrected chi connectivity index (χ1v) is 10.2. The number of benzene rings is 3. The van der Waals surface area contributed by atoms with E-state index in [0.717, 1.165) is 10.5 Å². The van der Waals surface area contributed by atoms with Crippen LogP contribution in [-0.2, 0) is 16.1 Å². The third-order valence-electron chi connectivity index (χ3n) is 5.49. The van der Waals surface area contributed by atoms with Crippen molar-refractivity contribution in [2.45, 2.75) is 6.54 Å². The van der Waals surface area contributed by atoms with E-state index in [-0.39, 0.29) is 34.4 Å². The Morgan fingerprint density at radius 3 is 1.97 bits per heavy atom. The van der Waals surface area contributed by atoms with Crippen molar-refractivity contribution in [2.24, 2.45) is 0 Å². The van der Waals surface area contributed by atoms with Gasteiger partial charge >= 0.3 is 0 Å². The molecule has 0 radical (unpaired) electrons. The molecule has 1 aliphatic carbocycles. The molecular formula is C25H15ClN2O4. The zero-order valence-corrected chi connectivity index (χ0v) is 17.3. The van der Waals surface area contributed by atoms with Crippen LogP contribution in [0.2, 0.25) is 0 Å². The fourth-order valence-corrected chi connectivity index (χ4v) is 4.12. The van der Waals surface area contributed by atoms with Gasteiger partial charge in [0.15, 0.2) is 11.6 Å². The molecule has 0 aromatic heterocycles. The second kappa shape index (κ2) is 7.59. The number of hydrogen-bond donors (Lipinski definition) is 1. The molecule has 3 aromatic carbocycles. The van der Waals surface area contributed by atoms with Crippen molar-refractivity contribution in [3.05, 3.63) is 111 Å². The summed E-state index contributed by atoms with van der Waals surface area (Å²) in [5, 5.41) is 2.64. The second-order valence-electron chi connectivity index (χ2n) is 7.46. The number of ketones is 2. The molecule has 0 unspecified atom stereocenters. The van der Waals surface area contributed by atoms with Gasteiger partial charge in [-0.15, -0.1) is 0 Å². The Kier molecular flexibility index (Phi) is 4.72. The van der Waals surface area contributed by atoms with Crippen LogP contribution in [0.5, 0.6) is 0 Å². The molecule has 0 bridgehead atoms. The van der Waals surface area contributed by atoms with Crippen molar-refractivity contribution in [1.29, 1.82) is 0 Å². The van der Waals surface area contributed by atoms with Crippen molar-refractivity contribution >= 4 is 40.7 Å². The molecule has 2 aliphatic rings. The number of halogens is 1. The number of amides is 2. The van der Waals surface area contributed by atoms with Gasteiger partial charge in [0.05, 0.1) is 6.54 Å². The maximum absolute atomic E-state index is 12.9. The van der Waals surface area contributed by atoms with E-state index in [1.807, 2.05) is 30.3 Å². The molecular weight excluding hydrogens is 428 g/mol. The number of nitrogens with zero attached hydrogens (tertiary/aromatic N) is 1. The number of hydrogen-bond acceptors (Lipinski definition) is 5. The lowest BCUT2D eigenvalue weighted by Crippen LogP contribution is -2.31. The van der Waals surface area contributed by atoms with E-state index in [9.17, 15) is 19.2 Å². The van der Waals surface area contributed by atoms with Crippen LogP contribution >= 0.6 is 11.6 Å². The van der Waals surface area contributed by atoms with Crippen molar-refractivity contribution in [3.8, 4) is 0 Å². The van der Waals surface area contributed by atoms with Crippen LogP contribution in [0.25, 0.3) is 0 Å². The summed E-state index contributed by atoms with van der Waals surface area (Å²) in [5.41, 5.74) is 2.32. The molecule has 0 saturated heterocycles. The molecule has 0 spiro atoms. The molecule has 5 rings (SSSR count). The fraction of sp³-hybridized carbons (Fsp3) is 0.0400. The highest BCUT2D eigenvalue weighted by Crippen LogP contribution is 2.31. The molecule has 3 aromatic rings. The summed E-state index contributed by atoms with van der Waals surface area (Å²) in [6.45, 7) is 0.0911. The van der Waals surface area contributed by atoms with Crippen LogP contribution in [0.4, 0.5) is 5.69 Å². The van der Waals surface area contributed by atoms with Gasteiger partial charge in [0.1, 0.15) is 10.7 Å². The number of nitrogens with one attached hydrogen (secondary N) is 1. The smallest absolute Gasteiger partial charge is 0.279 e. The van der Waals surface area contributed by atoms with E-state index in [2.05, 4.69) is 5.32 Å².